The zero-order valence-electron chi connectivity index (χ0n) is 20.0. The second-order valence-corrected chi connectivity index (χ2v) is 8.86. The molecule has 0 unspecified atom stereocenters. The number of piperazine rings is 1. The Bertz CT molecular complexity index is 1360. The fraction of sp³-hybridized carbons (Fsp3) is 0.296. The minimum absolute atomic E-state index is 0.137. The number of para-hydroxylation sites is 1. The fourth-order valence-electron chi connectivity index (χ4n) is 4.00. The maximum Gasteiger partial charge on any atom is 0.341 e. The van der Waals surface area contributed by atoms with E-state index >= 15 is 0 Å². The number of carboxylic acid groups (broad SMARTS) is 1. The van der Waals surface area contributed by atoms with Crippen LogP contribution in [-0.4, -0.2) is 47.8 Å². The van der Waals surface area contributed by atoms with Crippen molar-refractivity contribution in [3.8, 4) is 5.75 Å². The molecule has 36 heavy (non-hydrogen) atoms. The predicted octanol–water partition coefficient (Wildman–Crippen LogP) is 3.75. The number of halogens is 1. The summed E-state index contributed by atoms with van der Waals surface area (Å²) in [6, 6.07) is 12.0. The van der Waals surface area contributed by atoms with Crippen LogP contribution in [0.25, 0.3) is 10.9 Å². The topological polar surface area (TPSA) is 101 Å². The number of carboxylic acids is 1. The van der Waals surface area contributed by atoms with Crippen LogP contribution in [-0.2, 0) is 4.79 Å². The molecule has 2 aliphatic rings. The lowest BCUT2D eigenvalue weighted by atomic mass is 10.1. The lowest BCUT2D eigenvalue weighted by molar-refractivity contribution is -0.130. The number of carbonyl (C=O) groups is 2. The molecule has 2 N–H and O–H groups in total. The van der Waals surface area contributed by atoms with Gasteiger partial charge in [-0.05, 0) is 44.0 Å². The standard InChI is InChI=1S/C17H18FN3O3.C10H10O2/c18-13-7-11-14(8-15(13)20-5-3-19-4-6-20)21(10-1-2-10)9-12(16(11)22)17(23)24;1-8(2)10(11)12-9-6-4-3-5-7-9/h7-10,19H,1-6H2,(H,23,24);3-7H,1H2,2H3. The third kappa shape index (κ3) is 5.63. The average Bonchev–Trinajstić information content (AvgIpc) is 3.71. The van der Waals surface area contributed by atoms with Gasteiger partial charge in [0.05, 0.1) is 11.2 Å². The van der Waals surface area contributed by atoms with Gasteiger partial charge in [-0.3, -0.25) is 4.79 Å². The predicted molar refractivity (Wildman–Crippen MR) is 135 cm³/mol. The molecule has 1 aromatic heterocycles. The van der Waals surface area contributed by atoms with E-state index in [4.69, 9.17) is 4.74 Å². The lowest BCUT2D eigenvalue weighted by Gasteiger charge is -2.30. The molecule has 2 fully saturated rings. The molecule has 0 radical (unpaired) electrons. The molecule has 0 bridgehead atoms. The molecule has 1 saturated carbocycles. The van der Waals surface area contributed by atoms with Crippen LogP contribution in [0.2, 0.25) is 0 Å². The molecule has 188 valence electrons. The Morgan fingerprint density at radius 3 is 2.39 bits per heavy atom. The maximum atomic E-state index is 14.6. The second-order valence-electron chi connectivity index (χ2n) is 8.86. The first kappa shape index (κ1) is 25.1. The number of aromatic carboxylic acids is 1. The van der Waals surface area contributed by atoms with Gasteiger partial charge in [-0.25, -0.2) is 14.0 Å². The first-order chi connectivity index (χ1) is 17.3. The number of nitrogens with one attached hydrogen (secondary N) is 1. The van der Waals surface area contributed by atoms with Crippen LogP contribution < -0.4 is 20.4 Å². The van der Waals surface area contributed by atoms with E-state index in [0.29, 0.717) is 35.6 Å². The van der Waals surface area contributed by atoms with Crippen molar-refractivity contribution in [1.29, 1.82) is 0 Å². The van der Waals surface area contributed by atoms with Crippen LogP contribution in [0, 0.1) is 5.82 Å². The Morgan fingerprint density at radius 1 is 1.14 bits per heavy atom. The van der Waals surface area contributed by atoms with Gasteiger partial charge >= 0.3 is 11.9 Å². The largest absolute Gasteiger partial charge is 0.477 e. The van der Waals surface area contributed by atoms with E-state index in [-0.39, 0.29) is 23.0 Å². The zero-order valence-corrected chi connectivity index (χ0v) is 20.0. The number of ether oxygens (including phenoxy) is 1. The Balaban J connectivity index is 0.000000214. The summed E-state index contributed by atoms with van der Waals surface area (Å²) in [7, 11) is 0. The molecule has 0 amide bonds. The van der Waals surface area contributed by atoms with Crippen LogP contribution >= 0.6 is 0 Å². The monoisotopic (exact) mass is 493 g/mol. The summed E-state index contributed by atoms with van der Waals surface area (Å²) in [4.78, 5) is 36.7. The summed E-state index contributed by atoms with van der Waals surface area (Å²) in [5.74, 6) is -1.60. The maximum absolute atomic E-state index is 14.6. The van der Waals surface area contributed by atoms with Crippen molar-refractivity contribution in [3.05, 3.63) is 82.4 Å². The average molecular weight is 494 g/mol. The molecule has 1 aliphatic heterocycles. The number of benzene rings is 2. The molecule has 1 saturated heterocycles. The van der Waals surface area contributed by atoms with Crippen molar-refractivity contribution in [2.75, 3.05) is 31.1 Å². The fourth-order valence-corrected chi connectivity index (χ4v) is 4.00. The first-order valence-electron chi connectivity index (χ1n) is 11.8. The Morgan fingerprint density at radius 2 is 1.81 bits per heavy atom. The van der Waals surface area contributed by atoms with E-state index in [0.717, 1.165) is 25.9 Å². The van der Waals surface area contributed by atoms with Crippen molar-refractivity contribution in [2.24, 2.45) is 0 Å². The zero-order chi connectivity index (χ0) is 25.8. The number of rotatable bonds is 5. The van der Waals surface area contributed by atoms with Gasteiger partial charge in [0.15, 0.2) is 0 Å². The molecule has 0 spiro atoms. The number of pyridine rings is 1. The van der Waals surface area contributed by atoms with Crippen LogP contribution in [0.15, 0.2) is 65.6 Å². The number of esters is 1. The van der Waals surface area contributed by atoms with E-state index in [9.17, 15) is 23.9 Å². The number of nitrogens with zero attached hydrogens (tertiary/aromatic N) is 2. The van der Waals surface area contributed by atoms with Crippen molar-refractivity contribution < 1.29 is 23.8 Å². The minimum atomic E-state index is -1.28. The van der Waals surface area contributed by atoms with Crippen LogP contribution in [0.1, 0.15) is 36.2 Å². The van der Waals surface area contributed by atoms with Gasteiger partial charge < -0.3 is 24.6 Å². The summed E-state index contributed by atoms with van der Waals surface area (Å²) < 4.78 is 21.4. The normalized spacial score (nSPS) is 15.1. The van der Waals surface area contributed by atoms with E-state index in [2.05, 4.69) is 11.9 Å². The quantitative estimate of drug-likeness (QED) is 0.317. The van der Waals surface area contributed by atoms with Gasteiger partial charge in [-0.1, -0.05) is 24.8 Å². The summed E-state index contributed by atoms with van der Waals surface area (Å²) in [5.41, 5.74) is 0.561. The Labute approximate surface area is 207 Å². The molecule has 2 heterocycles. The van der Waals surface area contributed by atoms with Gasteiger partial charge in [0, 0.05) is 49.4 Å². The highest BCUT2D eigenvalue weighted by Gasteiger charge is 2.28. The minimum Gasteiger partial charge on any atom is -0.477 e. The smallest absolute Gasteiger partial charge is 0.341 e. The molecular formula is C27H28FN3O5. The lowest BCUT2D eigenvalue weighted by Crippen LogP contribution is -2.43. The van der Waals surface area contributed by atoms with E-state index in [1.54, 1.807) is 37.3 Å². The molecule has 9 heteroatoms. The van der Waals surface area contributed by atoms with Crippen LogP contribution in [0.3, 0.4) is 0 Å². The summed E-state index contributed by atoms with van der Waals surface area (Å²) >= 11 is 0. The van der Waals surface area contributed by atoms with Crippen molar-refractivity contribution >= 4 is 28.5 Å². The number of fused-ring (bicyclic) bond motifs is 1. The highest BCUT2D eigenvalue weighted by molar-refractivity contribution is 5.93. The Hall–Kier alpha value is -3.98. The van der Waals surface area contributed by atoms with E-state index in [1.165, 1.54) is 12.3 Å². The molecule has 3 aromatic rings. The van der Waals surface area contributed by atoms with E-state index < -0.39 is 17.2 Å². The molecular weight excluding hydrogens is 465 g/mol. The SMILES string of the molecule is C=C(C)C(=O)Oc1ccccc1.O=C(O)c1cn(C2CC2)c2cc(N3CCNCC3)c(F)cc2c1=O. The third-order valence-corrected chi connectivity index (χ3v) is 6.03. The van der Waals surface area contributed by atoms with Crippen molar-refractivity contribution in [2.45, 2.75) is 25.8 Å². The highest BCUT2D eigenvalue weighted by Crippen LogP contribution is 2.38. The van der Waals surface area contributed by atoms with Crippen LogP contribution in [0.4, 0.5) is 10.1 Å². The number of hydrogen-bond acceptors (Lipinski definition) is 6. The molecule has 2 aromatic carbocycles. The molecule has 5 rings (SSSR count). The summed E-state index contributed by atoms with van der Waals surface area (Å²) in [5, 5.41) is 12.6. The van der Waals surface area contributed by atoms with Gasteiger partial charge in [-0.2, -0.15) is 0 Å². The summed E-state index contributed by atoms with van der Waals surface area (Å²) in [6.07, 6.45) is 3.29. The van der Waals surface area contributed by atoms with Crippen LogP contribution in [0.5, 0.6) is 5.75 Å². The number of carbonyl (C=O) groups excluding carboxylic acids is 1. The van der Waals surface area contributed by atoms with E-state index in [1.807, 2.05) is 15.5 Å². The molecule has 8 nitrogen and oxygen atoms in total. The Kier molecular flexibility index (Phi) is 7.49. The van der Waals surface area contributed by atoms with Gasteiger partial charge in [-0.15, -0.1) is 0 Å². The second kappa shape index (κ2) is 10.7. The third-order valence-electron chi connectivity index (χ3n) is 6.03. The van der Waals surface area contributed by atoms with Gasteiger partial charge in [0.2, 0.25) is 5.43 Å². The first-order valence-corrected chi connectivity index (χ1v) is 11.8. The van der Waals surface area contributed by atoms with Crippen molar-refractivity contribution in [1.82, 2.24) is 9.88 Å². The number of hydrogen-bond donors (Lipinski definition) is 2. The number of anilines is 1. The number of aromatic nitrogens is 1. The molecule has 1 aliphatic carbocycles. The van der Waals surface area contributed by atoms with Gasteiger partial charge in [0.25, 0.3) is 0 Å². The summed E-state index contributed by atoms with van der Waals surface area (Å²) in [6.45, 7) is 8.05. The van der Waals surface area contributed by atoms with Crippen molar-refractivity contribution in [3.63, 3.8) is 0 Å². The highest BCUT2D eigenvalue weighted by atomic mass is 19.1. The van der Waals surface area contributed by atoms with Gasteiger partial charge in [0.1, 0.15) is 17.1 Å². The molecule has 0 atom stereocenters.